The predicted octanol–water partition coefficient (Wildman–Crippen LogP) is 2.85. The molecule has 0 aliphatic carbocycles. The molecule has 2 aromatic heterocycles. The van der Waals surface area contributed by atoms with E-state index in [1.807, 2.05) is 44.2 Å². The van der Waals surface area contributed by atoms with Gasteiger partial charge in [0.05, 0.1) is 24.9 Å². The normalized spacial score (nSPS) is 10.7. The zero-order chi connectivity index (χ0) is 16.2. The molecule has 0 unspecified atom stereocenters. The van der Waals surface area contributed by atoms with Crippen LogP contribution in [0.2, 0.25) is 0 Å². The first-order valence-corrected chi connectivity index (χ1v) is 7.48. The van der Waals surface area contributed by atoms with Gasteiger partial charge in [0.25, 0.3) is 0 Å². The quantitative estimate of drug-likeness (QED) is 0.759. The fourth-order valence-corrected chi connectivity index (χ4v) is 2.35. The Kier molecular flexibility index (Phi) is 4.23. The standard InChI is InChI=1S/C17H18N4O2/c1-3-23-14-6-4-12(5-7-14)8-16(22)19-13-9-15-11(2)20-21-17(15)18-10-13/h4-7,9-10H,3,8H2,1-2H3,(H,19,22)(H,18,20,21). The van der Waals surface area contributed by atoms with Crippen molar-refractivity contribution < 1.29 is 9.53 Å². The average Bonchev–Trinajstić information content (AvgIpc) is 2.90. The molecule has 0 saturated heterocycles. The number of amides is 1. The maximum atomic E-state index is 12.2. The van der Waals surface area contributed by atoms with Crippen LogP contribution >= 0.6 is 0 Å². The molecule has 0 radical (unpaired) electrons. The van der Waals surface area contributed by atoms with E-state index < -0.39 is 0 Å². The number of hydrogen-bond donors (Lipinski definition) is 2. The van der Waals surface area contributed by atoms with E-state index in [0.717, 1.165) is 22.4 Å². The molecule has 3 rings (SSSR count). The maximum absolute atomic E-state index is 12.2. The second kappa shape index (κ2) is 6.48. The smallest absolute Gasteiger partial charge is 0.228 e. The first-order valence-electron chi connectivity index (χ1n) is 7.48. The molecule has 0 fully saturated rings. The molecule has 118 valence electrons. The molecule has 0 atom stereocenters. The Balaban J connectivity index is 1.66. The van der Waals surface area contributed by atoms with Crippen molar-refractivity contribution in [2.24, 2.45) is 0 Å². The number of nitrogens with zero attached hydrogens (tertiary/aromatic N) is 2. The highest BCUT2D eigenvalue weighted by Crippen LogP contribution is 2.18. The molecule has 1 aromatic carbocycles. The average molecular weight is 310 g/mol. The SMILES string of the molecule is CCOc1ccc(CC(=O)Nc2cnc3n[nH]c(C)c3c2)cc1. The molecular formula is C17H18N4O2. The summed E-state index contributed by atoms with van der Waals surface area (Å²) in [6.45, 7) is 4.49. The van der Waals surface area contributed by atoms with Crippen LogP contribution in [0.4, 0.5) is 5.69 Å². The van der Waals surface area contributed by atoms with E-state index >= 15 is 0 Å². The fraction of sp³-hybridized carbons (Fsp3) is 0.235. The van der Waals surface area contributed by atoms with Crippen LogP contribution in [0.25, 0.3) is 11.0 Å². The van der Waals surface area contributed by atoms with Crippen molar-refractivity contribution in [3.8, 4) is 5.75 Å². The molecular weight excluding hydrogens is 292 g/mol. The second-order valence-electron chi connectivity index (χ2n) is 5.25. The maximum Gasteiger partial charge on any atom is 0.228 e. The minimum absolute atomic E-state index is 0.0866. The van der Waals surface area contributed by atoms with Crippen molar-refractivity contribution in [2.75, 3.05) is 11.9 Å². The second-order valence-corrected chi connectivity index (χ2v) is 5.25. The van der Waals surface area contributed by atoms with Gasteiger partial charge in [-0.1, -0.05) is 12.1 Å². The predicted molar refractivity (Wildman–Crippen MR) is 88.6 cm³/mol. The lowest BCUT2D eigenvalue weighted by atomic mass is 10.1. The van der Waals surface area contributed by atoms with E-state index in [1.54, 1.807) is 6.20 Å². The van der Waals surface area contributed by atoms with Crippen molar-refractivity contribution >= 4 is 22.6 Å². The van der Waals surface area contributed by atoms with Crippen molar-refractivity contribution in [2.45, 2.75) is 20.3 Å². The topological polar surface area (TPSA) is 79.9 Å². The largest absolute Gasteiger partial charge is 0.494 e. The monoisotopic (exact) mass is 310 g/mol. The van der Waals surface area contributed by atoms with Gasteiger partial charge < -0.3 is 10.1 Å². The van der Waals surface area contributed by atoms with Crippen LogP contribution in [0.1, 0.15) is 18.2 Å². The number of pyridine rings is 1. The van der Waals surface area contributed by atoms with Crippen molar-refractivity contribution in [3.63, 3.8) is 0 Å². The van der Waals surface area contributed by atoms with Crippen LogP contribution in [0.3, 0.4) is 0 Å². The third kappa shape index (κ3) is 3.48. The van der Waals surface area contributed by atoms with E-state index in [2.05, 4.69) is 20.5 Å². The van der Waals surface area contributed by atoms with Crippen LogP contribution in [-0.4, -0.2) is 27.7 Å². The van der Waals surface area contributed by atoms with E-state index in [9.17, 15) is 4.79 Å². The Morgan fingerprint density at radius 3 is 2.83 bits per heavy atom. The number of anilines is 1. The van der Waals surface area contributed by atoms with Gasteiger partial charge in [-0.25, -0.2) is 4.98 Å². The Morgan fingerprint density at radius 1 is 1.30 bits per heavy atom. The molecule has 0 spiro atoms. The summed E-state index contributed by atoms with van der Waals surface area (Å²) in [5.41, 5.74) is 3.17. The number of aromatic amines is 1. The lowest BCUT2D eigenvalue weighted by molar-refractivity contribution is -0.115. The van der Waals surface area contributed by atoms with Crippen molar-refractivity contribution in [1.29, 1.82) is 0 Å². The summed E-state index contributed by atoms with van der Waals surface area (Å²) < 4.78 is 5.39. The molecule has 0 aliphatic heterocycles. The molecule has 6 nitrogen and oxygen atoms in total. The molecule has 23 heavy (non-hydrogen) atoms. The van der Waals surface area contributed by atoms with Gasteiger partial charge in [-0.3, -0.25) is 9.89 Å². The van der Waals surface area contributed by atoms with Crippen LogP contribution in [0, 0.1) is 6.92 Å². The molecule has 1 amide bonds. The minimum atomic E-state index is -0.0866. The van der Waals surface area contributed by atoms with Gasteiger partial charge in [0.15, 0.2) is 5.65 Å². The van der Waals surface area contributed by atoms with Crippen LogP contribution in [0.15, 0.2) is 36.5 Å². The number of fused-ring (bicyclic) bond motifs is 1. The number of hydrogen-bond acceptors (Lipinski definition) is 4. The van der Waals surface area contributed by atoms with Crippen molar-refractivity contribution in [1.82, 2.24) is 15.2 Å². The first-order chi connectivity index (χ1) is 11.2. The number of aryl methyl sites for hydroxylation is 1. The third-order valence-electron chi connectivity index (χ3n) is 3.48. The molecule has 2 N–H and O–H groups in total. The summed E-state index contributed by atoms with van der Waals surface area (Å²) >= 11 is 0. The summed E-state index contributed by atoms with van der Waals surface area (Å²) in [5, 5.41) is 10.7. The summed E-state index contributed by atoms with van der Waals surface area (Å²) in [4.78, 5) is 16.4. The minimum Gasteiger partial charge on any atom is -0.494 e. The lowest BCUT2D eigenvalue weighted by Gasteiger charge is -2.07. The Bertz CT molecular complexity index is 824. The van der Waals surface area contributed by atoms with Gasteiger partial charge in [0.2, 0.25) is 5.91 Å². The van der Waals surface area contributed by atoms with Gasteiger partial charge in [0, 0.05) is 11.1 Å². The highest BCUT2D eigenvalue weighted by molar-refractivity contribution is 5.94. The summed E-state index contributed by atoms with van der Waals surface area (Å²) in [6, 6.07) is 9.40. The highest BCUT2D eigenvalue weighted by Gasteiger charge is 2.08. The summed E-state index contributed by atoms with van der Waals surface area (Å²) in [7, 11) is 0. The molecule has 2 heterocycles. The van der Waals surface area contributed by atoms with Gasteiger partial charge in [-0.05, 0) is 37.6 Å². The number of benzene rings is 1. The number of aromatic nitrogens is 3. The van der Waals surface area contributed by atoms with E-state index in [4.69, 9.17) is 4.74 Å². The lowest BCUT2D eigenvalue weighted by Crippen LogP contribution is -2.14. The molecule has 0 saturated carbocycles. The van der Waals surface area contributed by atoms with Gasteiger partial charge in [-0.15, -0.1) is 0 Å². The fourth-order valence-electron chi connectivity index (χ4n) is 2.35. The number of carbonyl (C=O) groups excluding carboxylic acids is 1. The van der Waals surface area contributed by atoms with Crippen LogP contribution in [-0.2, 0) is 11.2 Å². The Labute approximate surface area is 133 Å². The zero-order valence-corrected chi connectivity index (χ0v) is 13.1. The molecule has 6 heteroatoms. The molecule has 0 bridgehead atoms. The van der Waals surface area contributed by atoms with Crippen LogP contribution in [0.5, 0.6) is 5.75 Å². The summed E-state index contributed by atoms with van der Waals surface area (Å²) in [6.07, 6.45) is 1.91. The van der Waals surface area contributed by atoms with Crippen molar-refractivity contribution in [3.05, 3.63) is 47.8 Å². The molecule has 3 aromatic rings. The number of carbonyl (C=O) groups is 1. The summed E-state index contributed by atoms with van der Waals surface area (Å²) in [5.74, 6) is 0.721. The van der Waals surface area contributed by atoms with E-state index in [1.165, 1.54) is 0 Å². The number of nitrogens with one attached hydrogen (secondary N) is 2. The molecule has 0 aliphatic rings. The van der Waals surface area contributed by atoms with E-state index in [-0.39, 0.29) is 5.91 Å². The number of H-pyrrole nitrogens is 1. The Hall–Kier alpha value is -2.89. The third-order valence-corrected chi connectivity index (χ3v) is 3.48. The zero-order valence-electron chi connectivity index (χ0n) is 13.1. The highest BCUT2D eigenvalue weighted by atomic mass is 16.5. The van der Waals surface area contributed by atoms with Gasteiger partial charge >= 0.3 is 0 Å². The van der Waals surface area contributed by atoms with Gasteiger partial charge in [-0.2, -0.15) is 5.10 Å². The van der Waals surface area contributed by atoms with E-state index in [0.29, 0.717) is 24.4 Å². The Morgan fingerprint density at radius 2 is 2.09 bits per heavy atom. The number of ether oxygens (including phenoxy) is 1. The van der Waals surface area contributed by atoms with Gasteiger partial charge in [0.1, 0.15) is 5.75 Å². The number of rotatable bonds is 5. The first kappa shape index (κ1) is 15.0. The van der Waals surface area contributed by atoms with Crippen LogP contribution < -0.4 is 10.1 Å².